The number of nitrogens with two attached hydrogens (primary N) is 2. The minimum Gasteiger partial charge on any atom is -0.461 e. The Morgan fingerprint density at radius 2 is 1.57 bits per heavy atom. The summed E-state index contributed by atoms with van der Waals surface area (Å²) >= 11 is 0. The lowest BCUT2D eigenvalue weighted by Gasteiger charge is -2.21. The molecule has 7 N–H and O–H groups in total. The Hall–Kier alpha value is -3.47. The first kappa shape index (κ1) is 24.6. The van der Waals surface area contributed by atoms with E-state index in [0.29, 0.717) is 11.3 Å². The molecule has 0 fully saturated rings. The zero-order valence-electron chi connectivity index (χ0n) is 17.1. The number of rotatable bonds is 10. The van der Waals surface area contributed by atoms with Crippen molar-refractivity contribution in [3.63, 3.8) is 0 Å². The highest BCUT2D eigenvalue weighted by molar-refractivity contribution is 6.00. The maximum atomic E-state index is 12.5. The molecule has 0 bridgehead atoms. The number of hydrogen-bond donors (Lipinski definition) is 5. The maximum Gasteiger partial charge on any atom is 0.302 e. The number of carbonyl (C=O) groups excluding carboxylic acids is 5. The van der Waals surface area contributed by atoms with E-state index in [-0.39, 0.29) is 6.61 Å². The van der Waals surface area contributed by atoms with Gasteiger partial charge in [0.2, 0.25) is 23.6 Å². The van der Waals surface area contributed by atoms with Crippen molar-refractivity contribution in [1.29, 1.82) is 0 Å². The molecule has 0 spiro atoms. The highest BCUT2D eigenvalue weighted by Crippen LogP contribution is 2.11. The zero-order valence-corrected chi connectivity index (χ0v) is 17.1. The molecule has 30 heavy (non-hydrogen) atoms. The maximum absolute atomic E-state index is 12.5. The van der Waals surface area contributed by atoms with E-state index in [1.807, 2.05) is 0 Å². The lowest BCUT2D eigenvalue weighted by Crippen LogP contribution is -2.54. The van der Waals surface area contributed by atoms with Crippen LogP contribution >= 0.6 is 0 Å². The Morgan fingerprint density at radius 3 is 2.07 bits per heavy atom. The average molecular weight is 421 g/mol. The molecular weight excluding hydrogens is 394 g/mol. The summed E-state index contributed by atoms with van der Waals surface area (Å²) in [4.78, 5) is 58.6. The molecule has 0 saturated carbocycles. The van der Waals surface area contributed by atoms with Crippen LogP contribution in [0.1, 0.15) is 32.8 Å². The van der Waals surface area contributed by atoms with Crippen LogP contribution in [0.4, 0.5) is 5.69 Å². The molecule has 0 unspecified atom stereocenters. The van der Waals surface area contributed by atoms with E-state index in [1.54, 1.807) is 24.3 Å². The van der Waals surface area contributed by atoms with Crippen LogP contribution in [0.15, 0.2) is 24.3 Å². The smallest absolute Gasteiger partial charge is 0.302 e. The number of hydrogen-bond acceptors (Lipinski definition) is 7. The quantitative estimate of drug-likeness (QED) is 0.297. The van der Waals surface area contributed by atoms with Gasteiger partial charge >= 0.3 is 5.97 Å². The summed E-state index contributed by atoms with van der Waals surface area (Å²) in [7, 11) is 0. The van der Waals surface area contributed by atoms with Crippen molar-refractivity contribution in [2.24, 2.45) is 11.5 Å². The number of primary amides is 1. The average Bonchev–Trinajstić information content (AvgIpc) is 2.66. The number of amides is 4. The van der Waals surface area contributed by atoms with Gasteiger partial charge in [-0.3, -0.25) is 24.0 Å². The Kier molecular flexibility index (Phi) is 9.43. The molecule has 164 valence electrons. The molecular formula is C19H27N5O6. The monoisotopic (exact) mass is 421 g/mol. The van der Waals surface area contributed by atoms with E-state index in [1.165, 1.54) is 20.8 Å². The second kappa shape index (κ2) is 11.5. The number of carbonyl (C=O) groups is 5. The first-order valence-corrected chi connectivity index (χ1v) is 9.17. The third-order valence-corrected chi connectivity index (χ3v) is 3.87. The van der Waals surface area contributed by atoms with Gasteiger partial charge in [-0.15, -0.1) is 0 Å². The first-order chi connectivity index (χ1) is 14.0. The molecule has 1 aromatic rings. The molecule has 0 aliphatic rings. The van der Waals surface area contributed by atoms with Crippen LogP contribution < -0.4 is 27.4 Å². The predicted molar refractivity (Wildman–Crippen MR) is 108 cm³/mol. The van der Waals surface area contributed by atoms with Gasteiger partial charge in [-0.1, -0.05) is 12.1 Å². The lowest BCUT2D eigenvalue weighted by molar-refractivity contribution is -0.142. The lowest BCUT2D eigenvalue weighted by atomic mass is 10.1. The fraction of sp³-hybridized carbons (Fsp3) is 0.421. The van der Waals surface area contributed by atoms with Crippen LogP contribution in [0.2, 0.25) is 0 Å². The van der Waals surface area contributed by atoms with Gasteiger partial charge < -0.3 is 32.2 Å². The summed E-state index contributed by atoms with van der Waals surface area (Å²) in [5, 5.41) is 7.35. The van der Waals surface area contributed by atoms with Crippen molar-refractivity contribution in [2.75, 3.05) is 5.32 Å². The van der Waals surface area contributed by atoms with Crippen LogP contribution in [-0.4, -0.2) is 47.7 Å². The highest BCUT2D eigenvalue weighted by Gasteiger charge is 2.26. The summed E-state index contributed by atoms with van der Waals surface area (Å²) in [6, 6.07) is 3.40. The normalized spacial score (nSPS) is 13.3. The molecule has 0 aromatic heterocycles. The summed E-state index contributed by atoms with van der Waals surface area (Å²) in [5.74, 6) is -3.09. The Bertz CT molecular complexity index is 793. The van der Waals surface area contributed by atoms with Gasteiger partial charge in [0.05, 0.1) is 12.5 Å². The Balaban J connectivity index is 2.76. The summed E-state index contributed by atoms with van der Waals surface area (Å²) < 4.78 is 4.88. The Labute approximate surface area is 173 Å². The van der Waals surface area contributed by atoms with Gasteiger partial charge in [0.15, 0.2) is 0 Å². The van der Waals surface area contributed by atoms with E-state index in [4.69, 9.17) is 16.2 Å². The SMILES string of the molecule is CC(=O)OCc1ccc(NC(=O)[C@H](CC(N)=O)NC(=O)[C@H](C)NC(=O)[C@H](C)N)cc1. The molecule has 0 aliphatic carbocycles. The number of ether oxygens (including phenoxy) is 1. The van der Waals surface area contributed by atoms with Gasteiger partial charge in [0.25, 0.3) is 0 Å². The summed E-state index contributed by atoms with van der Waals surface area (Å²) in [5.41, 5.74) is 11.7. The van der Waals surface area contributed by atoms with Crippen molar-refractivity contribution in [3.8, 4) is 0 Å². The van der Waals surface area contributed by atoms with Gasteiger partial charge in [-0.25, -0.2) is 0 Å². The van der Waals surface area contributed by atoms with Crippen molar-refractivity contribution in [3.05, 3.63) is 29.8 Å². The number of esters is 1. The second-order valence-corrected chi connectivity index (χ2v) is 6.72. The van der Waals surface area contributed by atoms with E-state index in [2.05, 4.69) is 16.0 Å². The molecule has 3 atom stereocenters. The van der Waals surface area contributed by atoms with Gasteiger partial charge in [-0.05, 0) is 31.5 Å². The van der Waals surface area contributed by atoms with Crippen molar-refractivity contribution in [1.82, 2.24) is 10.6 Å². The van der Waals surface area contributed by atoms with Gasteiger partial charge in [0, 0.05) is 12.6 Å². The van der Waals surface area contributed by atoms with Crippen LogP contribution in [0.3, 0.4) is 0 Å². The molecule has 11 nitrogen and oxygen atoms in total. The largest absolute Gasteiger partial charge is 0.461 e. The van der Waals surface area contributed by atoms with Gasteiger partial charge in [-0.2, -0.15) is 0 Å². The third kappa shape index (κ3) is 8.69. The highest BCUT2D eigenvalue weighted by atomic mass is 16.5. The predicted octanol–water partition coefficient (Wildman–Crippen LogP) is -1.10. The van der Waals surface area contributed by atoms with E-state index in [9.17, 15) is 24.0 Å². The Morgan fingerprint density at radius 1 is 0.967 bits per heavy atom. The van der Waals surface area contributed by atoms with E-state index < -0.39 is 54.1 Å². The second-order valence-electron chi connectivity index (χ2n) is 6.72. The van der Waals surface area contributed by atoms with E-state index >= 15 is 0 Å². The van der Waals surface area contributed by atoms with Crippen LogP contribution in [0, 0.1) is 0 Å². The van der Waals surface area contributed by atoms with Crippen molar-refractivity contribution >= 4 is 35.3 Å². The molecule has 0 aliphatic heterocycles. The fourth-order valence-electron chi connectivity index (χ4n) is 2.22. The fourth-order valence-corrected chi connectivity index (χ4v) is 2.22. The van der Waals surface area contributed by atoms with Crippen LogP contribution in [-0.2, 0) is 35.3 Å². The summed E-state index contributed by atoms with van der Waals surface area (Å²) in [6.07, 6.45) is -0.434. The standard InChI is InChI=1S/C19H27N5O6/c1-10(20)17(27)22-11(2)18(28)24-15(8-16(21)26)19(29)23-14-6-4-13(5-7-14)9-30-12(3)25/h4-7,10-11,15H,8-9,20H2,1-3H3,(H2,21,26)(H,22,27)(H,23,29)(H,24,28)/t10-,11-,15-/m0/s1. The van der Waals surface area contributed by atoms with Crippen LogP contribution in [0.5, 0.6) is 0 Å². The van der Waals surface area contributed by atoms with E-state index in [0.717, 1.165) is 0 Å². The molecule has 0 heterocycles. The number of anilines is 1. The third-order valence-electron chi connectivity index (χ3n) is 3.87. The molecule has 4 amide bonds. The molecule has 11 heteroatoms. The minimum atomic E-state index is -1.25. The van der Waals surface area contributed by atoms with Gasteiger partial charge in [0.1, 0.15) is 18.7 Å². The minimum absolute atomic E-state index is 0.0922. The number of benzene rings is 1. The van der Waals surface area contributed by atoms with Crippen molar-refractivity contribution < 1.29 is 28.7 Å². The number of nitrogens with one attached hydrogen (secondary N) is 3. The molecule has 1 aromatic carbocycles. The molecule has 1 rings (SSSR count). The first-order valence-electron chi connectivity index (χ1n) is 9.17. The van der Waals surface area contributed by atoms with Crippen LogP contribution in [0.25, 0.3) is 0 Å². The topological polar surface area (TPSA) is 183 Å². The van der Waals surface area contributed by atoms with Crippen molar-refractivity contribution in [2.45, 2.75) is 51.9 Å². The summed E-state index contributed by atoms with van der Waals surface area (Å²) in [6.45, 7) is 4.26. The zero-order chi connectivity index (χ0) is 22.8. The molecule has 0 saturated heterocycles. The molecule has 0 radical (unpaired) electrons.